The van der Waals surface area contributed by atoms with Crippen molar-refractivity contribution in [3.05, 3.63) is 59.7 Å². The van der Waals surface area contributed by atoms with Gasteiger partial charge in [0.15, 0.2) is 17.6 Å². The third-order valence-electron chi connectivity index (χ3n) is 5.30. The lowest BCUT2D eigenvalue weighted by atomic mass is 9.94. The summed E-state index contributed by atoms with van der Waals surface area (Å²) in [6.07, 6.45) is -7.90. The number of hydrogen-bond donors (Lipinski definition) is 5. The molecule has 7 atom stereocenters. The molecule has 2 heterocycles. The van der Waals surface area contributed by atoms with E-state index in [-0.39, 0.29) is 5.75 Å². The molecule has 0 aromatic heterocycles. The van der Waals surface area contributed by atoms with Gasteiger partial charge in [-0.3, -0.25) is 0 Å². The van der Waals surface area contributed by atoms with E-state index < -0.39 is 49.5 Å². The summed E-state index contributed by atoms with van der Waals surface area (Å²) in [7, 11) is 0. The second kappa shape index (κ2) is 8.27. The summed E-state index contributed by atoms with van der Waals surface area (Å²) in [5.41, 5.74) is 1.54. The van der Waals surface area contributed by atoms with E-state index in [1.807, 2.05) is 30.3 Å². The Morgan fingerprint density at radius 1 is 0.897 bits per heavy atom. The molecule has 2 aliphatic rings. The maximum atomic E-state index is 10.5. The zero-order chi connectivity index (χ0) is 20.5. The molecule has 8 nitrogen and oxygen atoms in total. The first-order chi connectivity index (χ1) is 14.0. The fourth-order valence-electron chi connectivity index (χ4n) is 3.71. The largest absolute Gasteiger partial charge is 0.479 e. The zero-order valence-electron chi connectivity index (χ0n) is 15.5. The molecule has 2 unspecified atom stereocenters. The minimum Gasteiger partial charge on any atom is -0.479 e. The van der Waals surface area contributed by atoms with Crippen molar-refractivity contribution >= 4 is 0 Å². The fraction of sp³-hybridized carbons (Fsp3) is 0.429. The Kier molecular flexibility index (Phi) is 5.73. The number of benzene rings is 2. The summed E-state index contributed by atoms with van der Waals surface area (Å²) >= 11 is 0. The molecule has 1 saturated heterocycles. The van der Waals surface area contributed by atoms with Gasteiger partial charge in [0.2, 0.25) is 6.29 Å². The summed E-state index contributed by atoms with van der Waals surface area (Å²) in [5, 5.41) is 50.0. The second-order valence-corrected chi connectivity index (χ2v) is 7.28. The minimum atomic E-state index is -1.54. The monoisotopic (exact) mass is 404 g/mol. The van der Waals surface area contributed by atoms with Crippen molar-refractivity contribution in [2.45, 2.75) is 49.3 Å². The van der Waals surface area contributed by atoms with Gasteiger partial charge in [-0.25, -0.2) is 0 Å². The molecule has 8 heteroatoms. The molecule has 29 heavy (non-hydrogen) atoms. The smallest absolute Gasteiger partial charge is 0.229 e. The van der Waals surface area contributed by atoms with E-state index in [1.165, 1.54) is 0 Å². The molecule has 2 aliphatic heterocycles. The van der Waals surface area contributed by atoms with Crippen LogP contribution in [0.4, 0.5) is 0 Å². The van der Waals surface area contributed by atoms with Crippen molar-refractivity contribution in [2.24, 2.45) is 0 Å². The molecule has 2 aromatic rings. The second-order valence-electron chi connectivity index (χ2n) is 7.28. The van der Waals surface area contributed by atoms with E-state index in [9.17, 15) is 25.5 Å². The molecule has 0 aliphatic carbocycles. The SMILES string of the molecule is OC[C@H]1O[C@H](Oc2cccc3c2OC(c2ccccc2)C(O)C3)[C@H](O)[C@@H](O)[C@@H]1O. The van der Waals surface area contributed by atoms with E-state index in [0.717, 1.165) is 11.1 Å². The maximum absolute atomic E-state index is 10.5. The predicted octanol–water partition coefficient (Wildman–Crippen LogP) is -0.0976. The van der Waals surface area contributed by atoms with Crippen LogP contribution < -0.4 is 9.47 Å². The summed E-state index contributed by atoms with van der Waals surface area (Å²) < 4.78 is 17.3. The number of rotatable bonds is 4. The zero-order valence-corrected chi connectivity index (χ0v) is 15.5. The first-order valence-corrected chi connectivity index (χ1v) is 9.48. The molecule has 0 amide bonds. The van der Waals surface area contributed by atoms with Gasteiger partial charge < -0.3 is 39.7 Å². The third-order valence-corrected chi connectivity index (χ3v) is 5.30. The van der Waals surface area contributed by atoms with Gasteiger partial charge in [-0.1, -0.05) is 42.5 Å². The van der Waals surface area contributed by atoms with Gasteiger partial charge >= 0.3 is 0 Å². The number of hydrogen-bond acceptors (Lipinski definition) is 8. The Morgan fingerprint density at radius 3 is 2.38 bits per heavy atom. The first kappa shape index (κ1) is 20.1. The van der Waals surface area contributed by atoms with Crippen molar-refractivity contribution in [1.82, 2.24) is 0 Å². The summed E-state index contributed by atoms with van der Waals surface area (Å²) in [5.74, 6) is 0.670. The number of aliphatic hydroxyl groups excluding tert-OH is 5. The minimum absolute atomic E-state index is 0.264. The topological polar surface area (TPSA) is 129 Å². The van der Waals surface area contributed by atoms with Crippen LogP contribution in [0.5, 0.6) is 11.5 Å². The van der Waals surface area contributed by atoms with Crippen LogP contribution in [0.3, 0.4) is 0 Å². The normalized spacial score (nSPS) is 34.2. The van der Waals surface area contributed by atoms with Crippen LogP contribution in [-0.2, 0) is 11.2 Å². The van der Waals surface area contributed by atoms with Crippen LogP contribution in [0.2, 0.25) is 0 Å². The van der Waals surface area contributed by atoms with Gasteiger partial charge in [0.25, 0.3) is 0 Å². The van der Waals surface area contributed by atoms with Gasteiger partial charge in [0.1, 0.15) is 24.4 Å². The lowest BCUT2D eigenvalue weighted by Crippen LogP contribution is -2.60. The molecule has 2 aromatic carbocycles. The Hall–Kier alpha value is -2.20. The Labute approximate surface area is 167 Å². The van der Waals surface area contributed by atoms with E-state index in [1.54, 1.807) is 18.2 Å². The highest BCUT2D eigenvalue weighted by atomic mass is 16.7. The van der Waals surface area contributed by atoms with Crippen LogP contribution in [0.1, 0.15) is 17.2 Å². The molecule has 1 fully saturated rings. The van der Waals surface area contributed by atoms with Crippen molar-refractivity contribution in [2.75, 3.05) is 6.61 Å². The molecule has 0 spiro atoms. The Bertz CT molecular complexity index is 827. The van der Waals surface area contributed by atoms with E-state index in [2.05, 4.69) is 0 Å². The van der Waals surface area contributed by atoms with Crippen LogP contribution in [-0.4, -0.2) is 68.9 Å². The first-order valence-electron chi connectivity index (χ1n) is 9.48. The van der Waals surface area contributed by atoms with E-state index >= 15 is 0 Å². The van der Waals surface area contributed by atoms with Crippen molar-refractivity contribution < 1.29 is 39.7 Å². The van der Waals surface area contributed by atoms with E-state index in [0.29, 0.717) is 12.2 Å². The molecule has 0 bridgehead atoms. The molecule has 4 rings (SSSR count). The lowest BCUT2D eigenvalue weighted by molar-refractivity contribution is -0.277. The van der Waals surface area contributed by atoms with Gasteiger partial charge in [0.05, 0.1) is 12.7 Å². The third kappa shape index (κ3) is 3.83. The number of fused-ring (bicyclic) bond motifs is 1. The average Bonchev–Trinajstić information content (AvgIpc) is 2.74. The van der Waals surface area contributed by atoms with Crippen LogP contribution in [0.25, 0.3) is 0 Å². The van der Waals surface area contributed by atoms with Crippen LogP contribution in [0, 0.1) is 0 Å². The predicted molar refractivity (Wildman–Crippen MR) is 100 cm³/mol. The lowest BCUT2D eigenvalue weighted by Gasteiger charge is -2.40. The van der Waals surface area contributed by atoms with Crippen molar-refractivity contribution in [3.8, 4) is 11.5 Å². The highest BCUT2D eigenvalue weighted by Gasteiger charge is 2.45. The number of ether oxygens (including phenoxy) is 3. The Balaban J connectivity index is 1.60. The molecular weight excluding hydrogens is 380 g/mol. The standard InChI is InChI=1S/C21H24O8/c22-10-15-16(24)17(25)18(26)21(28-15)27-14-8-4-7-12-9-13(23)19(29-20(12)14)11-5-2-1-3-6-11/h1-8,13,15-19,21-26H,9-10H2/t13?,15-,16-,17+,18-,19?,21+/m1/s1. The van der Waals surface area contributed by atoms with Gasteiger partial charge in [-0.05, 0) is 11.6 Å². The van der Waals surface area contributed by atoms with Crippen LogP contribution in [0.15, 0.2) is 48.5 Å². The molecule has 5 N–H and O–H groups in total. The van der Waals surface area contributed by atoms with Crippen molar-refractivity contribution in [1.29, 1.82) is 0 Å². The molecule has 0 saturated carbocycles. The average molecular weight is 404 g/mol. The molecular formula is C21H24O8. The highest BCUT2D eigenvalue weighted by molar-refractivity contribution is 5.49. The summed E-state index contributed by atoms with van der Waals surface area (Å²) in [4.78, 5) is 0. The van der Waals surface area contributed by atoms with Gasteiger partial charge in [-0.2, -0.15) is 0 Å². The van der Waals surface area contributed by atoms with E-state index in [4.69, 9.17) is 14.2 Å². The Morgan fingerprint density at radius 2 is 1.66 bits per heavy atom. The van der Waals surface area contributed by atoms with Crippen molar-refractivity contribution in [3.63, 3.8) is 0 Å². The number of para-hydroxylation sites is 1. The van der Waals surface area contributed by atoms with Crippen LogP contribution >= 0.6 is 0 Å². The molecule has 156 valence electrons. The highest BCUT2D eigenvalue weighted by Crippen LogP contribution is 2.42. The number of aliphatic hydroxyl groups is 5. The maximum Gasteiger partial charge on any atom is 0.229 e. The summed E-state index contributed by atoms with van der Waals surface area (Å²) in [6.45, 7) is -0.545. The fourth-order valence-corrected chi connectivity index (χ4v) is 3.71. The molecule has 0 radical (unpaired) electrons. The van der Waals surface area contributed by atoms with Gasteiger partial charge in [-0.15, -0.1) is 0 Å². The summed E-state index contributed by atoms with van der Waals surface area (Å²) in [6, 6.07) is 14.5. The van der Waals surface area contributed by atoms with Gasteiger partial charge in [0, 0.05) is 12.0 Å². The quantitative estimate of drug-likeness (QED) is 0.478.